The first kappa shape index (κ1) is 7.94. The van der Waals surface area contributed by atoms with E-state index in [-0.39, 0.29) is 10.5 Å². The van der Waals surface area contributed by atoms with E-state index in [1.807, 2.05) is 12.1 Å². The molecule has 0 bridgehead atoms. The number of aromatic nitrogens is 1. The van der Waals surface area contributed by atoms with Crippen LogP contribution < -0.4 is 0 Å². The van der Waals surface area contributed by atoms with Gasteiger partial charge in [0, 0.05) is 12.4 Å². The van der Waals surface area contributed by atoms with Crippen molar-refractivity contribution < 1.29 is 5.11 Å². The summed E-state index contributed by atoms with van der Waals surface area (Å²) in [7, 11) is 0. The first-order chi connectivity index (χ1) is 4.84. The molecule has 0 spiro atoms. The van der Waals surface area contributed by atoms with Crippen LogP contribution in [0.25, 0.3) is 0 Å². The Hall–Kier alpha value is -0.160. The molecular weight excluding hydrogens is 241 g/mol. The van der Waals surface area contributed by atoms with Crippen LogP contribution >= 0.6 is 22.6 Å². The average Bonchev–Trinajstić information content (AvgIpc) is 2.05. The van der Waals surface area contributed by atoms with Crippen molar-refractivity contribution >= 4 is 22.6 Å². The summed E-state index contributed by atoms with van der Waals surface area (Å²) in [6.07, 6.45) is 3.47. The number of hydrogen-bond acceptors (Lipinski definition) is 2. The second-order valence-corrected chi connectivity index (χ2v) is 3.43. The van der Waals surface area contributed by atoms with Crippen LogP contribution in [0.1, 0.15) is 9.49 Å². The molecule has 0 aromatic carbocycles. The zero-order valence-electron chi connectivity index (χ0n) is 5.37. The molecular formula is C7H8INO. The van der Waals surface area contributed by atoms with Gasteiger partial charge in [0.2, 0.25) is 0 Å². The number of halogens is 1. The second-order valence-electron chi connectivity index (χ2n) is 1.93. The van der Waals surface area contributed by atoms with Gasteiger partial charge in [0.25, 0.3) is 0 Å². The molecule has 1 atom stereocenters. The average molecular weight is 249 g/mol. The number of nitrogens with zero attached hydrogens (tertiary/aromatic N) is 1. The monoisotopic (exact) mass is 249 g/mol. The van der Waals surface area contributed by atoms with Crippen LogP contribution in [0.4, 0.5) is 0 Å². The quantitative estimate of drug-likeness (QED) is 0.637. The molecule has 2 nitrogen and oxygen atoms in total. The number of aliphatic hydroxyl groups excluding tert-OH is 1. The van der Waals surface area contributed by atoms with Gasteiger partial charge in [-0.1, -0.05) is 22.6 Å². The lowest BCUT2D eigenvalue weighted by Crippen LogP contribution is -1.94. The van der Waals surface area contributed by atoms with Crippen LogP contribution in [0.3, 0.4) is 0 Å². The Morgan fingerprint density at radius 3 is 2.60 bits per heavy atom. The molecule has 0 fully saturated rings. The molecule has 1 rings (SSSR count). The molecule has 0 aliphatic heterocycles. The maximum atomic E-state index is 8.76. The molecule has 0 amide bonds. The summed E-state index contributed by atoms with van der Waals surface area (Å²) < 4.78 is 0.195. The minimum Gasteiger partial charge on any atom is -0.395 e. The van der Waals surface area contributed by atoms with Gasteiger partial charge in [0.05, 0.1) is 10.5 Å². The van der Waals surface area contributed by atoms with E-state index in [0.29, 0.717) is 0 Å². The summed E-state index contributed by atoms with van der Waals surface area (Å²) in [5.41, 5.74) is 1.12. The smallest absolute Gasteiger partial charge is 0.0591 e. The number of hydrogen-bond donors (Lipinski definition) is 1. The lowest BCUT2D eigenvalue weighted by molar-refractivity contribution is 0.301. The van der Waals surface area contributed by atoms with Crippen molar-refractivity contribution in [2.24, 2.45) is 0 Å². The second kappa shape index (κ2) is 3.88. The highest BCUT2D eigenvalue weighted by Crippen LogP contribution is 2.20. The molecule has 1 aromatic heterocycles. The van der Waals surface area contributed by atoms with E-state index in [9.17, 15) is 0 Å². The largest absolute Gasteiger partial charge is 0.395 e. The van der Waals surface area contributed by atoms with Crippen molar-refractivity contribution in [3.8, 4) is 0 Å². The normalized spacial score (nSPS) is 13.0. The van der Waals surface area contributed by atoms with E-state index in [1.165, 1.54) is 0 Å². The van der Waals surface area contributed by atoms with Gasteiger partial charge in [-0.05, 0) is 17.7 Å². The molecule has 0 saturated heterocycles. The van der Waals surface area contributed by atoms with Gasteiger partial charge in [-0.15, -0.1) is 0 Å². The lowest BCUT2D eigenvalue weighted by atomic mass is 10.2. The predicted octanol–water partition coefficient (Wildman–Crippen LogP) is 1.55. The van der Waals surface area contributed by atoms with E-state index < -0.39 is 0 Å². The maximum Gasteiger partial charge on any atom is 0.0591 e. The molecule has 0 saturated carbocycles. The first-order valence-electron chi connectivity index (χ1n) is 2.99. The van der Waals surface area contributed by atoms with Crippen LogP contribution in [0.2, 0.25) is 0 Å². The molecule has 0 aliphatic carbocycles. The van der Waals surface area contributed by atoms with Gasteiger partial charge in [-0.25, -0.2) is 0 Å². The van der Waals surface area contributed by atoms with Crippen molar-refractivity contribution in [2.75, 3.05) is 6.61 Å². The van der Waals surface area contributed by atoms with Gasteiger partial charge >= 0.3 is 0 Å². The molecule has 1 N–H and O–H groups in total. The topological polar surface area (TPSA) is 33.1 Å². The van der Waals surface area contributed by atoms with Crippen molar-refractivity contribution in [2.45, 2.75) is 3.92 Å². The van der Waals surface area contributed by atoms with Gasteiger partial charge in [-0.2, -0.15) is 0 Å². The van der Waals surface area contributed by atoms with Crippen molar-refractivity contribution in [1.29, 1.82) is 0 Å². The Labute approximate surface area is 73.4 Å². The van der Waals surface area contributed by atoms with Crippen molar-refractivity contribution in [3.63, 3.8) is 0 Å². The summed E-state index contributed by atoms with van der Waals surface area (Å²) in [6, 6.07) is 3.82. The van der Waals surface area contributed by atoms with Crippen LogP contribution in [-0.4, -0.2) is 16.7 Å². The van der Waals surface area contributed by atoms with Gasteiger partial charge in [0.1, 0.15) is 0 Å². The molecule has 0 radical (unpaired) electrons. The summed E-state index contributed by atoms with van der Waals surface area (Å²) in [5, 5.41) is 8.76. The molecule has 10 heavy (non-hydrogen) atoms. The number of alkyl halides is 1. The van der Waals surface area contributed by atoms with Gasteiger partial charge < -0.3 is 5.11 Å². The summed E-state index contributed by atoms with van der Waals surface area (Å²) >= 11 is 2.19. The van der Waals surface area contributed by atoms with Crippen LogP contribution in [0, 0.1) is 0 Å². The third-order valence-electron chi connectivity index (χ3n) is 1.23. The standard InChI is InChI=1S/C7H8INO/c8-7(5-10)6-1-3-9-4-2-6/h1-4,7,10H,5H2. The molecule has 1 unspecified atom stereocenters. The minimum absolute atomic E-state index is 0.185. The Morgan fingerprint density at radius 2 is 2.10 bits per heavy atom. The predicted molar refractivity (Wildman–Crippen MR) is 48.1 cm³/mol. The fraction of sp³-hybridized carbons (Fsp3) is 0.286. The minimum atomic E-state index is 0.185. The van der Waals surface area contributed by atoms with E-state index in [0.717, 1.165) is 5.56 Å². The highest BCUT2D eigenvalue weighted by atomic mass is 127. The lowest BCUT2D eigenvalue weighted by Gasteiger charge is -2.03. The number of aliphatic hydroxyl groups is 1. The zero-order valence-corrected chi connectivity index (χ0v) is 7.52. The van der Waals surface area contributed by atoms with Crippen LogP contribution in [0.5, 0.6) is 0 Å². The summed E-state index contributed by atoms with van der Waals surface area (Å²) in [6.45, 7) is 0.185. The van der Waals surface area contributed by atoms with E-state index in [2.05, 4.69) is 27.6 Å². The van der Waals surface area contributed by atoms with E-state index in [1.54, 1.807) is 12.4 Å². The zero-order chi connectivity index (χ0) is 7.40. The third kappa shape index (κ3) is 1.91. The molecule has 3 heteroatoms. The molecule has 54 valence electrons. The first-order valence-corrected chi connectivity index (χ1v) is 4.24. The molecule has 1 aromatic rings. The molecule has 1 heterocycles. The summed E-state index contributed by atoms with van der Waals surface area (Å²) in [4.78, 5) is 3.88. The van der Waals surface area contributed by atoms with Gasteiger partial charge in [0.15, 0.2) is 0 Å². The van der Waals surface area contributed by atoms with Crippen LogP contribution in [0.15, 0.2) is 24.5 Å². The third-order valence-corrected chi connectivity index (χ3v) is 2.34. The Bertz CT molecular complexity index is 190. The van der Waals surface area contributed by atoms with Crippen LogP contribution in [-0.2, 0) is 0 Å². The van der Waals surface area contributed by atoms with Crippen molar-refractivity contribution in [3.05, 3.63) is 30.1 Å². The number of pyridine rings is 1. The Kier molecular flexibility index (Phi) is 3.08. The maximum absolute atomic E-state index is 8.76. The van der Waals surface area contributed by atoms with E-state index in [4.69, 9.17) is 5.11 Å². The SMILES string of the molecule is OCC(I)c1ccncc1. The molecule has 0 aliphatic rings. The fourth-order valence-electron chi connectivity index (χ4n) is 0.678. The highest BCUT2D eigenvalue weighted by molar-refractivity contribution is 14.1. The van der Waals surface area contributed by atoms with E-state index >= 15 is 0 Å². The summed E-state index contributed by atoms with van der Waals surface area (Å²) in [5.74, 6) is 0. The van der Waals surface area contributed by atoms with Gasteiger partial charge in [-0.3, -0.25) is 4.98 Å². The Morgan fingerprint density at radius 1 is 1.50 bits per heavy atom. The Balaban J connectivity index is 2.75. The number of rotatable bonds is 2. The van der Waals surface area contributed by atoms with Crippen molar-refractivity contribution in [1.82, 2.24) is 4.98 Å². The fourth-order valence-corrected chi connectivity index (χ4v) is 1.09. The highest BCUT2D eigenvalue weighted by Gasteiger charge is 2.02.